The van der Waals surface area contributed by atoms with E-state index in [1.165, 1.54) is 11.1 Å². The topological polar surface area (TPSA) is 44.8 Å². The monoisotopic (exact) mass is 383 g/mol. The van der Waals surface area contributed by atoms with Crippen molar-refractivity contribution < 1.29 is 9.53 Å². The first-order valence-corrected chi connectivity index (χ1v) is 10.6. The van der Waals surface area contributed by atoms with Crippen LogP contribution in [0.15, 0.2) is 48.1 Å². The highest BCUT2D eigenvalue weighted by atomic mass is 16.6. The molecule has 0 radical (unpaired) electrons. The van der Waals surface area contributed by atoms with E-state index in [1.54, 1.807) is 0 Å². The lowest BCUT2D eigenvalue weighted by atomic mass is 10.00. The minimum absolute atomic E-state index is 0.0839. The predicted octanol–water partition coefficient (Wildman–Crippen LogP) is 3.72. The number of nitrogens with zero attached hydrogens (tertiary/aromatic N) is 2. The van der Waals surface area contributed by atoms with Gasteiger partial charge in [0.15, 0.2) is 0 Å². The van der Waals surface area contributed by atoms with Gasteiger partial charge in [-0.3, -0.25) is 9.80 Å². The molecule has 0 spiro atoms. The van der Waals surface area contributed by atoms with Crippen LogP contribution in [0, 0.1) is 0 Å². The van der Waals surface area contributed by atoms with Gasteiger partial charge in [0, 0.05) is 39.3 Å². The highest BCUT2D eigenvalue weighted by molar-refractivity contribution is 5.70. The molecule has 0 unspecified atom stereocenters. The largest absolute Gasteiger partial charge is 0.440 e. The van der Waals surface area contributed by atoms with Crippen LogP contribution in [0.2, 0.25) is 0 Å². The number of cyclic esters (lactones) is 1. The van der Waals surface area contributed by atoms with Gasteiger partial charge in [0.1, 0.15) is 6.10 Å². The number of rotatable bonds is 5. The molecule has 1 aromatic carbocycles. The SMILES string of the molecule is CC.O=C1O[C@H](C2=CC=CCC2)CN1Cc1ccc(CN2CCNCC2)cc1. The van der Waals surface area contributed by atoms with E-state index in [0.29, 0.717) is 13.1 Å². The first-order valence-electron chi connectivity index (χ1n) is 10.6. The quantitative estimate of drug-likeness (QED) is 0.842. The Kier molecular flexibility index (Phi) is 7.69. The Morgan fingerprint density at radius 2 is 1.75 bits per heavy atom. The molecule has 0 aromatic heterocycles. The zero-order valence-corrected chi connectivity index (χ0v) is 17.2. The Balaban J connectivity index is 0.00000109. The van der Waals surface area contributed by atoms with Crippen molar-refractivity contribution in [2.24, 2.45) is 0 Å². The molecular weight excluding hydrogens is 350 g/mol. The molecule has 152 valence electrons. The fraction of sp³-hybridized carbons (Fsp3) is 0.522. The van der Waals surface area contributed by atoms with Gasteiger partial charge in [-0.1, -0.05) is 56.3 Å². The van der Waals surface area contributed by atoms with E-state index in [2.05, 4.69) is 52.7 Å². The maximum Gasteiger partial charge on any atom is 0.410 e. The van der Waals surface area contributed by atoms with Crippen molar-refractivity contribution in [1.82, 2.24) is 15.1 Å². The molecule has 2 heterocycles. The number of ether oxygens (including phenoxy) is 1. The normalized spacial score (nSPS) is 22.4. The number of carbonyl (C=O) groups is 1. The average molecular weight is 384 g/mol. The van der Waals surface area contributed by atoms with Crippen LogP contribution in [0.4, 0.5) is 4.79 Å². The maximum atomic E-state index is 12.2. The van der Waals surface area contributed by atoms with Gasteiger partial charge in [0.25, 0.3) is 0 Å². The highest BCUT2D eigenvalue weighted by Gasteiger charge is 2.33. The number of hydrogen-bond acceptors (Lipinski definition) is 4. The Labute approximate surface area is 169 Å². The van der Waals surface area contributed by atoms with Gasteiger partial charge in [-0.15, -0.1) is 0 Å². The van der Waals surface area contributed by atoms with Gasteiger partial charge < -0.3 is 10.1 Å². The Morgan fingerprint density at radius 3 is 2.39 bits per heavy atom. The van der Waals surface area contributed by atoms with E-state index in [4.69, 9.17) is 4.74 Å². The van der Waals surface area contributed by atoms with Crippen molar-refractivity contribution in [2.45, 2.75) is 45.9 Å². The molecule has 3 aliphatic rings. The third-order valence-corrected chi connectivity index (χ3v) is 5.36. The van der Waals surface area contributed by atoms with Crippen LogP contribution >= 0.6 is 0 Å². The molecule has 2 fully saturated rings. The summed E-state index contributed by atoms with van der Waals surface area (Å²) in [7, 11) is 0. The van der Waals surface area contributed by atoms with E-state index < -0.39 is 0 Å². The van der Waals surface area contributed by atoms with Gasteiger partial charge >= 0.3 is 6.09 Å². The van der Waals surface area contributed by atoms with Gasteiger partial charge in [-0.05, 0) is 29.5 Å². The number of amides is 1. The Hall–Kier alpha value is -2.11. The van der Waals surface area contributed by atoms with Gasteiger partial charge in [0.05, 0.1) is 6.54 Å². The van der Waals surface area contributed by atoms with Crippen LogP contribution in [0.5, 0.6) is 0 Å². The van der Waals surface area contributed by atoms with Crippen molar-refractivity contribution in [1.29, 1.82) is 0 Å². The van der Waals surface area contributed by atoms with Crippen LogP contribution in [-0.2, 0) is 17.8 Å². The minimum Gasteiger partial charge on any atom is -0.440 e. The first-order chi connectivity index (χ1) is 13.8. The van der Waals surface area contributed by atoms with Crippen molar-refractivity contribution in [3.8, 4) is 0 Å². The second-order valence-electron chi connectivity index (χ2n) is 7.30. The maximum absolute atomic E-state index is 12.2. The highest BCUT2D eigenvalue weighted by Crippen LogP contribution is 2.25. The summed E-state index contributed by atoms with van der Waals surface area (Å²) in [5.74, 6) is 0. The average Bonchev–Trinajstić information content (AvgIpc) is 3.13. The van der Waals surface area contributed by atoms with E-state index in [9.17, 15) is 4.79 Å². The van der Waals surface area contributed by atoms with Gasteiger partial charge in [-0.25, -0.2) is 4.79 Å². The molecule has 4 rings (SSSR count). The number of nitrogens with one attached hydrogen (secondary N) is 1. The number of piperazine rings is 1. The Morgan fingerprint density at radius 1 is 1.07 bits per heavy atom. The number of allylic oxidation sites excluding steroid dienone is 3. The van der Waals surface area contributed by atoms with Crippen molar-refractivity contribution >= 4 is 6.09 Å². The van der Waals surface area contributed by atoms with E-state index in [0.717, 1.165) is 51.1 Å². The van der Waals surface area contributed by atoms with Crippen LogP contribution in [-0.4, -0.2) is 54.7 Å². The molecule has 1 atom stereocenters. The van der Waals surface area contributed by atoms with Crippen molar-refractivity contribution in [2.75, 3.05) is 32.7 Å². The molecular formula is C23H33N3O2. The third kappa shape index (κ3) is 5.46. The second-order valence-corrected chi connectivity index (χ2v) is 7.30. The lowest BCUT2D eigenvalue weighted by Gasteiger charge is -2.27. The molecule has 0 bridgehead atoms. The first kappa shape index (κ1) is 20.6. The summed E-state index contributed by atoms with van der Waals surface area (Å²) in [5, 5.41) is 3.38. The van der Waals surface area contributed by atoms with E-state index in [1.807, 2.05) is 18.7 Å². The Bertz CT molecular complexity index is 690. The molecule has 1 aliphatic carbocycles. The molecule has 0 saturated carbocycles. The summed E-state index contributed by atoms with van der Waals surface area (Å²) in [5.41, 5.74) is 3.72. The van der Waals surface area contributed by atoms with Gasteiger partial charge in [0.2, 0.25) is 0 Å². The smallest absolute Gasteiger partial charge is 0.410 e. The number of carbonyl (C=O) groups excluding carboxylic acids is 1. The molecule has 1 aromatic rings. The lowest BCUT2D eigenvalue weighted by Crippen LogP contribution is -2.42. The molecule has 2 saturated heterocycles. The second kappa shape index (κ2) is 10.4. The van der Waals surface area contributed by atoms with Crippen LogP contribution in [0.1, 0.15) is 37.8 Å². The minimum atomic E-state index is -0.199. The number of hydrogen-bond donors (Lipinski definition) is 1. The summed E-state index contributed by atoms with van der Waals surface area (Å²) in [6.07, 6.45) is 8.05. The molecule has 1 N–H and O–H groups in total. The fourth-order valence-corrected chi connectivity index (χ4v) is 3.82. The summed E-state index contributed by atoms with van der Waals surface area (Å²) >= 11 is 0. The standard InChI is InChI=1S/C21H27N3O2.C2H6/c25-21-24(16-20(26-21)19-4-2-1-3-5-19)15-18-8-6-17(7-9-18)14-23-12-10-22-11-13-23;1-2/h1-2,4,6-9,20,22H,3,5,10-16H2;1-2H3/t20-;/m0./s1. The zero-order chi connectivity index (χ0) is 19.8. The van der Waals surface area contributed by atoms with Crippen LogP contribution < -0.4 is 5.32 Å². The van der Waals surface area contributed by atoms with Crippen molar-refractivity contribution in [3.05, 3.63) is 59.2 Å². The third-order valence-electron chi connectivity index (χ3n) is 5.36. The summed E-state index contributed by atoms with van der Waals surface area (Å²) in [4.78, 5) is 16.5. The van der Waals surface area contributed by atoms with Crippen molar-refractivity contribution in [3.63, 3.8) is 0 Å². The zero-order valence-electron chi connectivity index (χ0n) is 17.2. The van der Waals surface area contributed by atoms with Gasteiger partial charge in [-0.2, -0.15) is 0 Å². The molecule has 5 nitrogen and oxygen atoms in total. The molecule has 1 amide bonds. The summed E-state index contributed by atoms with van der Waals surface area (Å²) in [6, 6.07) is 8.65. The summed E-state index contributed by atoms with van der Waals surface area (Å²) in [6.45, 7) is 10.6. The van der Waals surface area contributed by atoms with E-state index in [-0.39, 0.29) is 12.2 Å². The molecule has 28 heavy (non-hydrogen) atoms. The number of benzene rings is 1. The predicted molar refractivity (Wildman–Crippen MR) is 113 cm³/mol. The fourth-order valence-electron chi connectivity index (χ4n) is 3.82. The summed E-state index contributed by atoms with van der Waals surface area (Å²) < 4.78 is 5.58. The van der Waals surface area contributed by atoms with Crippen LogP contribution in [0.25, 0.3) is 0 Å². The molecule has 5 heteroatoms. The lowest BCUT2D eigenvalue weighted by molar-refractivity contribution is 0.141. The van der Waals surface area contributed by atoms with Crippen LogP contribution in [0.3, 0.4) is 0 Å². The molecule has 2 aliphatic heterocycles. The van der Waals surface area contributed by atoms with E-state index >= 15 is 0 Å².